The Hall–Kier alpha value is -2.01. The Kier molecular flexibility index (Phi) is 4.41. The normalized spacial score (nSPS) is 11.7. The zero-order valence-electron chi connectivity index (χ0n) is 10.8. The monoisotopic (exact) mass is 277 g/mol. The number of thiophene rings is 1. The number of esters is 1. The van der Waals surface area contributed by atoms with Crippen LogP contribution in [0.5, 0.6) is 5.75 Å². The molecule has 0 spiro atoms. The van der Waals surface area contributed by atoms with Crippen molar-refractivity contribution < 1.29 is 14.3 Å². The third-order valence-corrected chi connectivity index (χ3v) is 3.61. The molecular formula is C14H15NO3S. The van der Waals surface area contributed by atoms with E-state index in [1.165, 1.54) is 18.4 Å². The Morgan fingerprint density at radius 3 is 2.63 bits per heavy atom. The Balaban J connectivity index is 2.28. The van der Waals surface area contributed by atoms with E-state index in [0.717, 1.165) is 10.6 Å². The van der Waals surface area contributed by atoms with E-state index in [2.05, 4.69) is 5.32 Å². The molecule has 0 aliphatic rings. The number of methoxy groups -OCH3 is 2. The zero-order chi connectivity index (χ0) is 13.7. The van der Waals surface area contributed by atoms with E-state index < -0.39 is 6.04 Å². The van der Waals surface area contributed by atoms with Crippen molar-refractivity contribution in [2.45, 2.75) is 6.04 Å². The summed E-state index contributed by atoms with van der Waals surface area (Å²) in [5, 5.41) is 5.09. The summed E-state index contributed by atoms with van der Waals surface area (Å²) in [6.45, 7) is 0. The summed E-state index contributed by atoms with van der Waals surface area (Å²) in [5.41, 5.74) is 0.758. The van der Waals surface area contributed by atoms with Crippen LogP contribution in [-0.2, 0) is 9.53 Å². The summed E-state index contributed by atoms with van der Waals surface area (Å²) in [4.78, 5) is 12.8. The maximum atomic E-state index is 11.9. The first-order chi connectivity index (χ1) is 9.26. The molecule has 0 amide bonds. The summed E-state index contributed by atoms with van der Waals surface area (Å²) >= 11 is 1.50. The minimum Gasteiger partial charge on any atom is -0.495 e. The lowest BCUT2D eigenvalue weighted by molar-refractivity contribution is -0.141. The number of hydrogen-bond acceptors (Lipinski definition) is 5. The quantitative estimate of drug-likeness (QED) is 0.853. The first kappa shape index (κ1) is 13.4. The van der Waals surface area contributed by atoms with E-state index in [1.54, 1.807) is 7.11 Å². The molecule has 1 unspecified atom stereocenters. The second-order valence-corrected chi connectivity index (χ2v) is 4.80. The molecule has 0 aliphatic carbocycles. The van der Waals surface area contributed by atoms with E-state index in [1.807, 2.05) is 41.8 Å². The van der Waals surface area contributed by atoms with Gasteiger partial charge in [0.15, 0.2) is 6.04 Å². The first-order valence-electron chi connectivity index (χ1n) is 5.77. The van der Waals surface area contributed by atoms with Crippen molar-refractivity contribution in [2.75, 3.05) is 19.5 Å². The van der Waals surface area contributed by atoms with Crippen LogP contribution in [0, 0.1) is 0 Å². The van der Waals surface area contributed by atoms with Crippen LogP contribution in [0.15, 0.2) is 41.8 Å². The Morgan fingerprint density at radius 2 is 2.00 bits per heavy atom. The average Bonchev–Trinajstić information content (AvgIpc) is 2.98. The fourth-order valence-electron chi connectivity index (χ4n) is 1.74. The van der Waals surface area contributed by atoms with Gasteiger partial charge in [-0.15, -0.1) is 11.3 Å². The van der Waals surface area contributed by atoms with Crippen LogP contribution in [0.1, 0.15) is 10.9 Å². The number of nitrogens with one attached hydrogen (secondary N) is 1. The van der Waals surface area contributed by atoms with Crippen LogP contribution in [0.3, 0.4) is 0 Å². The van der Waals surface area contributed by atoms with Gasteiger partial charge in [0.25, 0.3) is 0 Å². The van der Waals surface area contributed by atoms with E-state index in [-0.39, 0.29) is 5.97 Å². The van der Waals surface area contributed by atoms with E-state index in [4.69, 9.17) is 9.47 Å². The van der Waals surface area contributed by atoms with Crippen LogP contribution in [0.25, 0.3) is 0 Å². The predicted octanol–water partition coefficient (Wildman–Crippen LogP) is 3.08. The number of hydrogen-bond donors (Lipinski definition) is 1. The molecule has 0 aliphatic heterocycles. The fraction of sp³-hybridized carbons (Fsp3) is 0.214. The minimum absolute atomic E-state index is 0.326. The van der Waals surface area contributed by atoms with Crippen LogP contribution < -0.4 is 10.1 Å². The van der Waals surface area contributed by atoms with Gasteiger partial charge in [0.05, 0.1) is 19.9 Å². The van der Waals surface area contributed by atoms with Gasteiger partial charge in [0.1, 0.15) is 5.75 Å². The lowest BCUT2D eigenvalue weighted by Gasteiger charge is -2.18. The van der Waals surface area contributed by atoms with Crippen LogP contribution in [0.4, 0.5) is 5.69 Å². The summed E-state index contributed by atoms with van der Waals surface area (Å²) < 4.78 is 10.1. The molecular weight excluding hydrogens is 262 g/mol. The highest BCUT2D eigenvalue weighted by Gasteiger charge is 2.23. The number of para-hydroxylation sites is 2. The SMILES string of the molecule is COC(=O)C(Nc1ccccc1OC)c1cccs1. The molecule has 100 valence electrons. The molecule has 0 saturated carbocycles. The van der Waals surface area contributed by atoms with Crippen LogP contribution in [0.2, 0.25) is 0 Å². The molecule has 0 bridgehead atoms. The van der Waals surface area contributed by atoms with Crippen molar-refractivity contribution in [1.29, 1.82) is 0 Å². The molecule has 2 rings (SSSR count). The highest BCUT2D eigenvalue weighted by Crippen LogP contribution is 2.30. The van der Waals surface area contributed by atoms with Crippen molar-refractivity contribution in [3.05, 3.63) is 46.7 Å². The van der Waals surface area contributed by atoms with Gasteiger partial charge in [0.2, 0.25) is 0 Å². The second-order valence-electron chi connectivity index (χ2n) is 3.82. The molecule has 1 atom stereocenters. The largest absolute Gasteiger partial charge is 0.495 e. The minimum atomic E-state index is -0.527. The second kappa shape index (κ2) is 6.24. The topological polar surface area (TPSA) is 47.6 Å². The van der Waals surface area contributed by atoms with Gasteiger partial charge in [-0.05, 0) is 23.6 Å². The maximum absolute atomic E-state index is 11.9. The van der Waals surface area contributed by atoms with Gasteiger partial charge in [-0.2, -0.15) is 0 Å². The number of benzene rings is 1. The summed E-state index contributed by atoms with van der Waals surface area (Å²) in [6.07, 6.45) is 0. The number of carbonyl (C=O) groups excluding carboxylic acids is 1. The van der Waals surface area contributed by atoms with Gasteiger partial charge in [-0.1, -0.05) is 18.2 Å². The van der Waals surface area contributed by atoms with Gasteiger partial charge in [-0.25, -0.2) is 4.79 Å². The third kappa shape index (κ3) is 3.06. The number of rotatable bonds is 5. The maximum Gasteiger partial charge on any atom is 0.333 e. The molecule has 1 aromatic carbocycles. The molecule has 0 fully saturated rings. The van der Waals surface area contributed by atoms with Crippen molar-refractivity contribution in [3.63, 3.8) is 0 Å². The summed E-state index contributed by atoms with van der Waals surface area (Å²) in [5.74, 6) is 0.362. The molecule has 4 nitrogen and oxygen atoms in total. The Morgan fingerprint density at radius 1 is 1.21 bits per heavy atom. The summed E-state index contributed by atoms with van der Waals surface area (Å²) in [6, 6.07) is 10.7. The van der Waals surface area contributed by atoms with Gasteiger partial charge in [0, 0.05) is 4.88 Å². The molecule has 0 saturated heterocycles. The number of anilines is 1. The third-order valence-electron chi connectivity index (χ3n) is 2.67. The molecule has 2 aromatic rings. The molecule has 1 aromatic heterocycles. The highest BCUT2D eigenvalue weighted by molar-refractivity contribution is 7.10. The van der Waals surface area contributed by atoms with Crippen LogP contribution >= 0.6 is 11.3 Å². The van der Waals surface area contributed by atoms with Crippen molar-refractivity contribution in [1.82, 2.24) is 0 Å². The van der Waals surface area contributed by atoms with Gasteiger partial charge >= 0.3 is 5.97 Å². The molecule has 0 radical (unpaired) electrons. The standard InChI is InChI=1S/C14H15NO3S/c1-17-11-7-4-3-6-10(11)15-13(14(16)18-2)12-8-5-9-19-12/h3-9,13,15H,1-2H3. The highest BCUT2D eigenvalue weighted by atomic mass is 32.1. The molecule has 1 N–H and O–H groups in total. The average molecular weight is 277 g/mol. The van der Waals surface area contributed by atoms with E-state index in [0.29, 0.717) is 5.75 Å². The van der Waals surface area contributed by atoms with E-state index >= 15 is 0 Å². The summed E-state index contributed by atoms with van der Waals surface area (Å²) in [7, 11) is 2.98. The smallest absolute Gasteiger partial charge is 0.333 e. The van der Waals surface area contributed by atoms with E-state index in [9.17, 15) is 4.79 Å². The molecule has 1 heterocycles. The number of carbonyl (C=O) groups is 1. The molecule has 5 heteroatoms. The number of ether oxygens (including phenoxy) is 2. The Bertz CT molecular complexity index is 539. The molecule has 19 heavy (non-hydrogen) atoms. The van der Waals surface area contributed by atoms with Crippen molar-refractivity contribution >= 4 is 23.0 Å². The van der Waals surface area contributed by atoms with Crippen molar-refractivity contribution in [2.24, 2.45) is 0 Å². The lowest BCUT2D eigenvalue weighted by Crippen LogP contribution is -2.21. The predicted molar refractivity (Wildman–Crippen MR) is 75.7 cm³/mol. The lowest BCUT2D eigenvalue weighted by atomic mass is 10.2. The first-order valence-corrected chi connectivity index (χ1v) is 6.65. The van der Waals surface area contributed by atoms with Gasteiger partial charge < -0.3 is 14.8 Å². The van der Waals surface area contributed by atoms with Crippen molar-refractivity contribution in [3.8, 4) is 5.75 Å². The zero-order valence-corrected chi connectivity index (χ0v) is 11.6. The Labute approximate surface area is 116 Å². The fourth-order valence-corrected chi connectivity index (χ4v) is 2.50. The van der Waals surface area contributed by atoms with Crippen LogP contribution in [-0.4, -0.2) is 20.2 Å². The van der Waals surface area contributed by atoms with Gasteiger partial charge in [-0.3, -0.25) is 0 Å².